The molecule has 0 bridgehead atoms. The molecule has 4 rings (SSSR count). The molecule has 2 saturated heterocycles. The van der Waals surface area contributed by atoms with Gasteiger partial charge in [-0.3, -0.25) is 4.79 Å². The number of benzene rings is 2. The average Bonchev–Trinajstić information content (AvgIpc) is 2.99. The van der Waals surface area contributed by atoms with Crippen molar-refractivity contribution in [3.63, 3.8) is 0 Å². The number of nitrogens with zero attached hydrogens (tertiary/aromatic N) is 2. The van der Waals surface area contributed by atoms with Crippen molar-refractivity contribution in [2.45, 2.75) is 18.4 Å². The van der Waals surface area contributed by atoms with Gasteiger partial charge in [-0.15, -0.1) is 6.42 Å². The van der Waals surface area contributed by atoms with Gasteiger partial charge in [0.25, 0.3) is 5.91 Å². The first-order chi connectivity index (χ1) is 14.0. The smallest absolute Gasteiger partial charge is 0.324 e. The van der Waals surface area contributed by atoms with E-state index in [1.165, 1.54) is 4.90 Å². The van der Waals surface area contributed by atoms with E-state index >= 15 is 0 Å². The second-order valence-electron chi connectivity index (χ2n) is 7.13. The molecule has 29 heavy (non-hydrogen) atoms. The average molecular weight is 388 g/mol. The third-order valence-corrected chi connectivity index (χ3v) is 5.38. The van der Waals surface area contributed by atoms with Crippen molar-refractivity contribution in [3.8, 4) is 12.3 Å². The number of terminal acetylenes is 1. The number of amides is 5. The Morgan fingerprint density at radius 2 is 1.69 bits per heavy atom. The van der Waals surface area contributed by atoms with E-state index in [0.717, 1.165) is 5.56 Å². The molecule has 0 atom stereocenters. The summed E-state index contributed by atoms with van der Waals surface area (Å²) in [4.78, 5) is 40.9. The maximum atomic E-state index is 13.0. The predicted octanol–water partition coefficient (Wildman–Crippen LogP) is 2.79. The molecule has 2 N–H and O–H groups in total. The van der Waals surface area contributed by atoms with E-state index in [2.05, 4.69) is 16.6 Å². The number of likely N-dealkylation sites (tertiary alicyclic amines) is 1. The summed E-state index contributed by atoms with van der Waals surface area (Å²) in [5, 5.41) is 5.68. The number of urea groups is 2. The van der Waals surface area contributed by atoms with Crippen LogP contribution in [0.4, 0.5) is 21.0 Å². The van der Waals surface area contributed by atoms with Crippen molar-refractivity contribution >= 4 is 29.3 Å². The largest absolute Gasteiger partial charge is 0.329 e. The molecular weight excluding hydrogens is 368 g/mol. The van der Waals surface area contributed by atoms with E-state index in [-0.39, 0.29) is 11.9 Å². The van der Waals surface area contributed by atoms with Crippen LogP contribution in [0.2, 0.25) is 0 Å². The molecule has 2 aliphatic rings. The number of hydrogen-bond acceptors (Lipinski definition) is 3. The van der Waals surface area contributed by atoms with Gasteiger partial charge in [-0.2, -0.15) is 0 Å². The zero-order valence-corrected chi connectivity index (χ0v) is 15.7. The van der Waals surface area contributed by atoms with Gasteiger partial charge in [0.05, 0.1) is 5.69 Å². The number of carbonyl (C=O) groups is 3. The van der Waals surface area contributed by atoms with E-state index in [0.29, 0.717) is 37.3 Å². The van der Waals surface area contributed by atoms with Crippen LogP contribution in [0.1, 0.15) is 18.4 Å². The molecule has 2 aromatic rings. The van der Waals surface area contributed by atoms with E-state index in [9.17, 15) is 14.4 Å². The summed E-state index contributed by atoms with van der Waals surface area (Å²) >= 11 is 0. The lowest BCUT2D eigenvalue weighted by Gasteiger charge is -2.37. The Morgan fingerprint density at radius 1 is 1.03 bits per heavy atom. The first-order valence-electron chi connectivity index (χ1n) is 9.37. The fraction of sp³-hybridized carbons (Fsp3) is 0.227. The lowest BCUT2D eigenvalue weighted by Crippen LogP contribution is -2.56. The Hall–Kier alpha value is -3.79. The van der Waals surface area contributed by atoms with Gasteiger partial charge in [-0.05, 0) is 49.2 Å². The Balaban J connectivity index is 1.41. The molecule has 2 heterocycles. The molecule has 2 fully saturated rings. The van der Waals surface area contributed by atoms with Crippen molar-refractivity contribution in [2.24, 2.45) is 0 Å². The van der Waals surface area contributed by atoms with Crippen LogP contribution in [0.3, 0.4) is 0 Å². The van der Waals surface area contributed by atoms with E-state index in [4.69, 9.17) is 6.42 Å². The van der Waals surface area contributed by atoms with Crippen molar-refractivity contribution < 1.29 is 14.4 Å². The summed E-state index contributed by atoms with van der Waals surface area (Å²) in [6.45, 7) is 0.728. The van der Waals surface area contributed by atoms with Gasteiger partial charge in [0, 0.05) is 24.3 Å². The van der Waals surface area contributed by atoms with Crippen molar-refractivity contribution in [1.29, 1.82) is 0 Å². The molecule has 0 saturated carbocycles. The molecule has 5 amide bonds. The van der Waals surface area contributed by atoms with Gasteiger partial charge >= 0.3 is 12.1 Å². The highest BCUT2D eigenvalue weighted by molar-refractivity contribution is 6.23. The minimum absolute atomic E-state index is 0.245. The van der Waals surface area contributed by atoms with Crippen LogP contribution in [-0.4, -0.2) is 41.5 Å². The summed E-state index contributed by atoms with van der Waals surface area (Å²) in [6, 6.07) is 15.2. The summed E-state index contributed by atoms with van der Waals surface area (Å²) in [5.74, 6) is 2.26. The van der Waals surface area contributed by atoms with Crippen LogP contribution >= 0.6 is 0 Å². The molecule has 1 spiro atoms. The van der Waals surface area contributed by atoms with Crippen molar-refractivity contribution in [2.75, 3.05) is 23.3 Å². The zero-order chi connectivity index (χ0) is 20.4. The van der Waals surface area contributed by atoms with E-state index < -0.39 is 11.6 Å². The monoisotopic (exact) mass is 388 g/mol. The molecule has 146 valence electrons. The normalized spacial score (nSPS) is 17.8. The highest BCUT2D eigenvalue weighted by atomic mass is 16.2. The Labute approximate surface area is 168 Å². The molecule has 2 aromatic carbocycles. The number of anilines is 2. The number of para-hydroxylation sites is 1. The van der Waals surface area contributed by atoms with Crippen LogP contribution in [0.5, 0.6) is 0 Å². The minimum atomic E-state index is -0.960. The zero-order valence-electron chi connectivity index (χ0n) is 15.7. The number of imide groups is 1. The molecule has 0 aromatic heterocycles. The standard InChI is InChI=1S/C22H20N4O3/c1-2-16-8-10-17(11-9-16)23-20(28)25-14-12-22(13-15-25)19(27)26(21(29)24-22)18-6-4-3-5-7-18/h1,3-11H,12-15H2,(H,23,28)(H,24,29). The number of carbonyl (C=O) groups excluding carboxylic acids is 3. The first-order valence-corrected chi connectivity index (χ1v) is 9.37. The van der Waals surface area contributed by atoms with Gasteiger partial charge in [-0.25, -0.2) is 14.5 Å². The summed E-state index contributed by atoms with van der Waals surface area (Å²) in [7, 11) is 0. The fourth-order valence-electron chi connectivity index (χ4n) is 3.71. The van der Waals surface area contributed by atoms with Gasteiger partial charge in [0.1, 0.15) is 5.54 Å². The predicted molar refractivity (Wildman–Crippen MR) is 109 cm³/mol. The number of rotatable bonds is 2. The first kappa shape index (κ1) is 18.6. The second-order valence-corrected chi connectivity index (χ2v) is 7.13. The van der Waals surface area contributed by atoms with E-state index in [1.54, 1.807) is 53.4 Å². The Bertz CT molecular complexity index is 987. The van der Waals surface area contributed by atoms with Gasteiger partial charge in [0.2, 0.25) is 0 Å². The Kier molecular flexibility index (Phi) is 4.69. The Morgan fingerprint density at radius 3 is 2.31 bits per heavy atom. The van der Waals surface area contributed by atoms with Gasteiger partial charge in [0.15, 0.2) is 0 Å². The molecule has 0 radical (unpaired) electrons. The number of piperidine rings is 1. The maximum absolute atomic E-state index is 13.0. The van der Waals surface area contributed by atoms with Crippen LogP contribution in [-0.2, 0) is 4.79 Å². The molecule has 7 nitrogen and oxygen atoms in total. The van der Waals surface area contributed by atoms with Crippen molar-refractivity contribution in [1.82, 2.24) is 10.2 Å². The quantitative estimate of drug-likeness (QED) is 0.613. The lowest BCUT2D eigenvalue weighted by molar-refractivity contribution is -0.123. The third kappa shape index (κ3) is 3.41. The lowest BCUT2D eigenvalue weighted by atomic mass is 9.87. The van der Waals surface area contributed by atoms with Crippen LogP contribution in [0.15, 0.2) is 54.6 Å². The van der Waals surface area contributed by atoms with Crippen molar-refractivity contribution in [3.05, 3.63) is 60.2 Å². The summed E-state index contributed by atoms with van der Waals surface area (Å²) < 4.78 is 0. The molecule has 0 unspecified atom stereocenters. The highest BCUT2D eigenvalue weighted by Crippen LogP contribution is 2.32. The summed E-state index contributed by atoms with van der Waals surface area (Å²) in [5.41, 5.74) is 0.969. The fourth-order valence-corrected chi connectivity index (χ4v) is 3.71. The van der Waals surface area contributed by atoms with E-state index in [1.807, 2.05) is 6.07 Å². The molecular formula is C22H20N4O3. The number of nitrogens with one attached hydrogen (secondary N) is 2. The molecule has 2 aliphatic heterocycles. The van der Waals surface area contributed by atoms with Crippen LogP contribution in [0, 0.1) is 12.3 Å². The van der Waals surface area contributed by atoms with Gasteiger partial charge in [-0.1, -0.05) is 24.1 Å². The van der Waals surface area contributed by atoms with Crippen LogP contribution in [0.25, 0.3) is 0 Å². The topological polar surface area (TPSA) is 81.8 Å². The molecule has 0 aliphatic carbocycles. The van der Waals surface area contributed by atoms with Gasteiger partial charge < -0.3 is 15.5 Å². The van der Waals surface area contributed by atoms with Crippen LogP contribution < -0.4 is 15.5 Å². The minimum Gasteiger partial charge on any atom is -0.324 e. The second kappa shape index (κ2) is 7.32. The SMILES string of the molecule is C#Cc1ccc(NC(=O)N2CCC3(CC2)NC(=O)N(c2ccccc2)C3=O)cc1. The number of hydrogen-bond donors (Lipinski definition) is 2. The third-order valence-electron chi connectivity index (χ3n) is 5.38. The molecule has 7 heteroatoms. The maximum Gasteiger partial charge on any atom is 0.329 e. The highest BCUT2D eigenvalue weighted by Gasteiger charge is 2.53. The summed E-state index contributed by atoms with van der Waals surface area (Å²) in [6.07, 6.45) is 6.07.